The molecule has 0 fully saturated rings. The average molecular weight is 305 g/mol. The van der Waals surface area contributed by atoms with Gasteiger partial charge in [-0.05, 0) is 36.5 Å². The molecule has 0 aliphatic rings. The predicted molar refractivity (Wildman–Crippen MR) is 101 cm³/mol. The molecule has 23 heavy (non-hydrogen) atoms. The molecule has 0 saturated heterocycles. The standard InChI is InChI=1S/C21H26BO/c1-15-5-10-20(17(3)13-15)18-6-8-19(9-7-18)21(23)14-16(2)11-12-22-4/h5-10,13,16H,11-12,14H2,1-4H3. The second kappa shape index (κ2) is 8.15. The SMILES string of the molecule is C[B]CCC(C)CC(=O)c1ccc(-c2ccc(C)cc2C)cc1. The van der Waals surface area contributed by atoms with E-state index in [1.165, 1.54) is 22.3 Å². The van der Waals surface area contributed by atoms with Crippen molar-refractivity contribution < 1.29 is 4.79 Å². The van der Waals surface area contributed by atoms with Crippen LogP contribution in [0.25, 0.3) is 11.1 Å². The van der Waals surface area contributed by atoms with Gasteiger partial charge in [0, 0.05) is 12.0 Å². The maximum Gasteiger partial charge on any atom is 0.163 e. The molecule has 2 aromatic carbocycles. The summed E-state index contributed by atoms with van der Waals surface area (Å²) in [6.45, 7) is 8.47. The van der Waals surface area contributed by atoms with Gasteiger partial charge in [-0.3, -0.25) is 4.79 Å². The van der Waals surface area contributed by atoms with Gasteiger partial charge in [0.2, 0.25) is 0 Å². The van der Waals surface area contributed by atoms with E-state index in [1.54, 1.807) is 0 Å². The number of ketones is 1. The van der Waals surface area contributed by atoms with E-state index in [-0.39, 0.29) is 5.78 Å². The van der Waals surface area contributed by atoms with Crippen molar-refractivity contribution in [3.05, 3.63) is 59.2 Å². The van der Waals surface area contributed by atoms with Crippen LogP contribution in [0.5, 0.6) is 0 Å². The molecule has 0 N–H and O–H groups in total. The number of benzene rings is 2. The zero-order chi connectivity index (χ0) is 16.8. The fraction of sp³-hybridized carbons (Fsp3) is 0.381. The van der Waals surface area contributed by atoms with Gasteiger partial charge in [-0.2, -0.15) is 0 Å². The molecule has 0 aliphatic heterocycles. The first-order valence-electron chi connectivity index (χ1n) is 8.50. The molecule has 0 spiro atoms. The summed E-state index contributed by atoms with van der Waals surface area (Å²) in [4.78, 5) is 12.4. The molecule has 2 heteroatoms. The van der Waals surface area contributed by atoms with Crippen molar-refractivity contribution in [1.29, 1.82) is 0 Å². The van der Waals surface area contributed by atoms with Crippen molar-refractivity contribution in [2.75, 3.05) is 0 Å². The van der Waals surface area contributed by atoms with E-state index in [0.29, 0.717) is 12.3 Å². The Morgan fingerprint density at radius 2 is 1.78 bits per heavy atom. The summed E-state index contributed by atoms with van der Waals surface area (Å²) in [6, 6.07) is 14.6. The Kier molecular flexibility index (Phi) is 6.21. The Bertz CT molecular complexity index is 658. The van der Waals surface area contributed by atoms with Crippen LogP contribution in [0.3, 0.4) is 0 Å². The quantitative estimate of drug-likeness (QED) is 0.471. The third kappa shape index (κ3) is 4.82. The van der Waals surface area contributed by atoms with Crippen LogP contribution in [-0.4, -0.2) is 13.1 Å². The van der Waals surface area contributed by atoms with Gasteiger partial charge in [0.1, 0.15) is 7.28 Å². The molecule has 2 rings (SSSR count). The summed E-state index contributed by atoms with van der Waals surface area (Å²) < 4.78 is 0. The molecule has 2 aromatic rings. The number of rotatable bonds is 7. The van der Waals surface area contributed by atoms with Crippen molar-refractivity contribution in [1.82, 2.24) is 0 Å². The Morgan fingerprint density at radius 1 is 1.09 bits per heavy atom. The lowest BCUT2D eigenvalue weighted by Crippen LogP contribution is -2.06. The molecule has 0 heterocycles. The maximum absolute atomic E-state index is 12.4. The van der Waals surface area contributed by atoms with Crippen molar-refractivity contribution in [2.24, 2.45) is 5.92 Å². The van der Waals surface area contributed by atoms with Gasteiger partial charge >= 0.3 is 0 Å². The average Bonchev–Trinajstić information content (AvgIpc) is 2.53. The molecule has 0 saturated carbocycles. The van der Waals surface area contributed by atoms with Crippen molar-refractivity contribution in [3.63, 3.8) is 0 Å². The van der Waals surface area contributed by atoms with Gasteiger partial charge in [-0.1, -0.05) is 74.5 Å². The third-order valence-corrected chi connectivity index (χ3v) is 4.38. The van der Waals surface area contributed by atoms with E-state index in [1.807, 2.05) is 12.1 Å². The minimum Gasteiger partial charge on any atom is -0.294 e. The van der Waals surface area contributed by atoms with Crippen molar-refractivity contribution >= 4 is 13.1 Å². The Balaban J connectivity index is 2.08. The van der Waals surface area contributed by atoms with Gasteiger partial charge < -0.3 is 0 Å². The zero-order valence-corrected chi connectivity index (χ0v) is 14.7. The first-order chi connectivity index (χ1) is 11.0. The Hall–Kier alpha value is -1.83. The normalized spacial score (nSPS) is 12.0. The second-order valence-electron chi connectivity index (χ2n) is 6.61. The number of aryl methyl sites for hydroxylation is 2. The molecule has 0 amide bonds. The van der Waals surface area contributed by atoms with Gasteiger partial charge in [-0.25, -0.2) is 0 Å². The molecule has 1 radical (unpaired) electrons. The summed E-state index contributed by atoms with van der Waals surface area (Å²) in [5.74, 6) is 0.693. The molecule has 0 aliphatic carbocycles. The second-order valence-corrected chi connectivity index (χ2v) is 6.61. The highest BCUT2D eigenvalue weighted by Crippen LogP contribution is 2.25. The van der Waals surface area contributed by atoms with Crippen LogP contribution < -0.4 is 0 Å². The van der Waals surface area contributed by atoms with Gasteiger partial charge in [0.25, 0.3) is 0 Å². The topological polar surface area (TPSA) is 17.1 Å². The van der Waals surface area contributed by atoms with Gasteiger partial charge in [0.15, 0.2) is 5.78 Å². The van der Waals surface area contributed by atoms with E-state index in [2.05, 4.69) is 65.2 Å². The van der Waals surface area contributed by atoms with Crippen molar-refractivity contribution in [2.45, 2.75) is 46.8 Å². The van der Waals surface area contributed by atoms with Crippen LogP contribution in [0, 0.1) is 19.8 Å². The van der Waals surface area contributed by atoms with E-state index in [4.69, 9.17) is 0 Å². The summed E-state index contributed by atoms with van der Waals surface area (Å²) in [5.41, 5.74) is 5.78. The number of hydrogen-bond donors (Lipinski definition) is 0. The smallest absolute Gasteiger partial charge is 0.163 e. The summed E-state index contributed by atoms with van der Waals surface area (Å²) >= 11 is 0. The van der Waals surface area contributed by atoms with Crippen molar-refractivity contribution in [3.8, 4) is 11.1 Å². The molecule has 0 bridgehead atoms. The first kappa shape index (κ1) is 17.5. The monoisotopic (exact) mass is 305 g/mol. The van der Waals surface area contributed by atoms with E-state index in [0.717, 1.165) is 18.3 Å². The van der Waals surface area contributed by atoms with E-state index in [9.17, 15) is 4.79 Å². The predicted octanol–water partition coefficient (Wildman–Crippen LogP) is 5.74. The van der Waals surface area contributed by atoms with Crippen LogP contribution >= 0.6 is 0 Å². The first-order valence-corrected chi connectivity index (χ1v) is 8.50. The largest absolute Gasteiger partial charge is 0.294 e. The summed E-state index contributed by atoms with van der Waals surface area (Å²) in [5, 5.41) is 0. The number of carbonyl (C=O) groups excluding carboxylic acids is 1. The molecule has 1 unspecified atom stereocenters. The van der Waals surface area contributed by atoms with Crippen LogP contribution in [0.1, 0.15) is 41.3 Å². The van der Waals surface area contributed by atoms with Gasteiger partial charge in [0.05, 0.1) is 0 Å². The number of Topliss-reactive ketones (excluding diaryl/α,β-unsaturated/α-hetero) is 1. The maximum atomic E-state index is 12.4. The van der Waals surface area contributed by atoms with Crippen LogP contribution in [0.2, 0.25) is 13.1 Å². The molecule has 119 valence electrons. The van der Waals surface area contributed by atoms with E-state index >= 15 is 0 Å². The minimum absolute atomic E-state index is 0.251. The third-order valence-electron chi connectivity index (χ3n) is 4.38. The molecule has 1 atom stereocenters. The Labute approximate surface area is 141 Å². The summed E-state index contributed by atoms with van der Waals surface area (Å²) in [6.07, 6.45) is 2.81. The van der Waals surface area contributed by atoms with Crippen LogP contribution in [0.4, 0.5) is 0 Å². The van der Waals surface area contributed by atoms with E-state index < -0.39 is 0 Å². The fourth-order valence-corrected chi connectivity index (χ4v) is 2.96. The Morgan fingerprint density at radius 3 is 2.39 bits per heavy atom. The highest BCUT2D eigenvalue weighted by Gasteiger charge is 2.11. The lowest BCUT2D eigenvalue weighted by atomic mass is 9.74. The highest BCUT2D eigenvalue weighted by atomic mass is 16.1. The number of carbonyl (C=O) groups is 1. The lowest BCUT2D eigenvalue weighted by Gasteiger charge is -2.11. The zero-order valence-electron chi connectivity index (χ0n) is 14.7. The molecular weight excluding hydrogens is 279 g/mol. The molecule has 1 nitrogen and oxygen atoms in total. The fourth-order valence-electron chi connectivity index (χ4n) is 2.96. The highest BCUT2D eigenvalue weighted by molar-refractivity contribution is 6.33. The molecule has 0 aromatic heterocycles. The number of hydrogen-bond acceptors (Lipinski definition) is 1. The molecular formula is C21H26BO. The lowest BCUT2D eigenvalue weighted by molar-refractivity contribution is 0.0963. The van der Waals surface area contributed by atoms with Crippen LogP contribution in [-0.2, 0) is 0 Å². The van der Waals surface area contributed by atoms with Gasteiger partial charge in [-0.15, -0.1) is 0 Å². The summed E-state index contributed by atoms with van der Waals surface area (Å²) in [7, 11) is 2.17. The minimum atomic E-state index is 0.251. The van der Waals surface area contributed by atoms with Crippen LogP contribution in [0.15, 0.2) is 42.5 Å².